The quantitative estimate of drug-likeness (QED) is 0.0663. The number of fused-ring (bicyclic) bond motifs is 1. The van der Waals surface area contributed by atoms with Crippen LogP contribution in [0.2, 0.25) is 0 Å². The van der Waals surface area contributed by atoms with Crippen molar-refractivity contribution in [2.45, 2.75) is 88.9 Å². The number of benzene rings is 3. The highest BCUT2D eigenvalue weighted by Gasteiger charge is 2.34. The molecule has 266 valence electrons. The van der Waals surface area contributed by atoms with Crippen LogP contribution >= 0.6 is 0 Å². The maximum Gasteiger partial charge on any atom is 0.326 e. The summed E-state index contributed by atoms with van der Waals surface area (Å²) in [6.07, 6.45) is 5.02. The molecule has 50 heavy (non-hydrogen) atoms. The second-order valence-corrected chi connectivity index (χ2v) is 13.3. The first-order chi connectivity index (χ1) is 24.4. The molecule has 12 heteroatoms. The number of nitrogens with zero attached hydrogens (tertiary/aromatic N) is 2. The maximum absolute atomic E-state index is 12.8. The Morgan fingerprint density at radius 1 is 0.860 bits per heavy atom. The van der Waals surface area contributed by atoms with E-state index in [1.165, 1.54) is 0 Å². The molecular weight excluding hydrogens is 638 g/mol. The van der Waals surface area contributed by atoms with Crippen molar-refractivity contribution in [3.8, 4) is 0 Å². The van der Waals surface area contributed by atoms with Crippen molar-refractivity contribution >= 4 is 28.5 Å². The number of imidazole rings is 1. The van der Waals surface area contributed by atoms with E-state index in [1.54, 1.807) is 5.48 Å². The number of para-hydroxylation sites is 2. The van der Waals surface area contributed by atoms with Crippen LogP contribution < -0.4 is 16.5 Å². The molecule has 3 heterocycles. The molecule has 0 bridgehead atoms. The van der Waals surface area contributed by atoms with E-state index in [4.69, 9.17) is 14.7 Å². The minimum atomic E-state index is -0.647. The standard InChI is InChI=1S/C38H47N5O7/c44-25-26-14-16-27(17-15-26)34-23-31(24-42-20-18-30(19-21-42)43-33-11-6-5-10-32(33)40-38(43)47)49-37(50-34)28-8-7-9-29(22-28)39-35(45)12-3-1-2-4-13-36(46)41-48/h5-11,14-17,22,30-31,34,37,44,48H,1-4,12-13,18-21,23-25H2,(H,39,45)(H,40,47)(H,41,46)/t31-,34+,37+/m1/s1. The van der Waals surface area contributed by atoms with Crippen molar-refractivity contribution in [3.05, 3.63) is 100.0 Å². The number of piperidine rings is 1. The molecule has 4 aromatic rings. The smallest absolute Gasteiger partial charge is 0.326 e. The van der Waals surface area contributed by atoms with Gasteiger partial charge < -0.3 is 29.8 Å². The summed E-state index contributed by atoms with van der Waals surface area (Å²) < 4.78 is 15.1. The predicted octanol–water partition coefficient (Wildman–Crippen LogP) is 5.49. The van der Waals surface area contributed by atoms with Crippen molar-refractivity contribution in [2.24, 2.45) is 0 Å². The number of aliphatic hydroxyl groups is 1. The number of carbonyl (C=O) groups excluding carboxylic acids is 2. The normalized spacial score (nSPS) is 20.2. The van der Waals surface area contributed by atoms with Gasteiger partial charge in [-0.15, -0.1) is 0 Å². The molecule has 2 aliphatic heterocycles. The van der Waals surface area contributed by atoms with Gasteiger partial charge in [-0.1, -0.05) is 61.4 Å². The number of carbonyl (C=O) groups is 2. The summed E-state index contributed by atoms with van der Waals surface area (Å²) in [6, 6.07) is 23.4. The monoisotopic (exact) mass is 685 g/mol. The third kappa shape index (κ3) is 9.06. The second-order valence-electron chi connectivity index (χ2n) is 13.3. The number of aliphatic hydroxyl groups excluding tert-OH is 1. The molecule has 0 spiro atoms. The van der Waals surface area contributed by atoms with Gasteiger partial charge in [0.1, 0.15) is 0 Å². The molecule has 12 nitrogen and oxygen atoms in total. The lowest BCUT2D eigenvalue weighted by Crippen LogP contribution is -2.43. The van der Waals surface area contributed by atoms with Crippen LogP contribution in [0.3, 0.4) is 0 Å². The first-order valence-corrected chi connectivity index (χ1v) is 17.6. The Bertz CT molecular complexity index is 1780. The molecule has 2 amide bonds. The zero-order chi connectivity index (χ0) is 34.9. The van der Waals surface area contributed by atoms with Gasteiger partial charge in [-0.25, -0.2) is 10.3 Å². The molecule has 0 radical (unpaired) electrons. The predicted molar refractivity (Wildman–Crippen MR) is 188 cm³/mol. The van der Waals surface area contributed by atoms with Crippen LogP contribution in [0.1, 0.15) is 92.9 Å². The molecule has 2 saturated heterocycles. The Hall–Kier alpha value is -4.33. The number of ether oxygens (including phenoxy) is 2. The fourth-order valence-corrected chi connectivity index (χ4v) is 7.08. The van der Waals surface area contributed by atoms with Crippen LogP contribution in [-0.4, -0.2) is 62.3 Å². The number of nitrogens with one attached hydrogen (secondary N) is 3. The van der Waals surface area contributed by atoms with Crippen LogP contribution in [0, 0.1) is 0 Å². The van der Waals surface area contributed by atoms with Crippen molar-refractivity contribution in [2.75, 3.05) is 25.0 Å². The maximum atomic E-state index is 12.8. The van der Waals surface area contributed by atoms with Crippen LogP contribution in [-0.2, 0) is 25.7 Å². The summed E-state index contributed by atoms with van der Waals surface area (Å²) >= 11 is 0. The Balaban J connectivity index is 1.08. The zero-order valence-corrected chi connectivity index (χ0v) is 28.3. The number of H-pyrrole nitrogens is 1. The molecule has 0 unspecified atom stereocenters. The van der Waals surface area contributed by atoms with E-state index in [9.17, 15) is 19.5 Å². The summed E-state index contributed by atoms with van der Waals surface area (Å²) in [5, 5.41) is 21.2. The topological polar surface area (TPSA) is 158 Å². The number of hydrogen-bond donors (Lipinski definition) is 5. The molecular formula is C38H47N5O7. The number of amides is 2. The number of hydroxylamine groups is 1. The number of aromatic amines is 1. The van der Waals surface area contributed by atoms with Gasteiger partial charge in [0.15, 0.2) is 6.29 Å². The van der Waals surface area contributed by atoms with Gasteiger partial charge in [0.05, 0.1) is 29.8 Å². The van der Waals surface area contributed by atoms with Gasteiger partial charge in [-0.3, -0.25) is 19.4 Å². The summed E-state index contributed by atoms with van der Waals surface area (Å²) in [5.74, 6) is -0.481. The third-order valence-corrected chi connectivity index (χ3v) is 9.75. The summed E-state index contributed by atoms with van der Waals surface area (Å²) in [4.78, 5) is 42.1. The van der Waals surface area contributed by atoms with Crippen molar-refractivity contribution in [1.29, 1.82) is 0 Å². The lowest BCUT2D eigenvalue weighted by Gasteiger charge is -2.40. The van der Waals surface area contributed by atoms with Crippen LogP contribution in [0.25, 0.3) is 11.0 Å². The molecule has 5 N–H and O–H groups in total. The SMILES string of the molecule is O=C(CCCCCCC(=O)Nc1cccc([C@H]2O[C@@H](CN3CCC(n4c(=O)[nH]c5ccccc54)CC3)C[C@@H](c3ccc(CO)cc3)O2)c1)NO. The number of unbranched alkanes of at least 4 members (excludes halogenated alkanes) is 3. The van der Waals surface area contributed by atoms with E-state index in [-0.39, 0.29) is 42.9 Å². The van der Waals surface area contributed by atoms with E-state index in [0.29, 0.717) is 31.4 Å². The van der Waals surface area contributed by atoms with Crippen LogP contribution in [0.15, 0.2) is 77.6 Å². The average Bonchev–Trinajstić information content (AvgIpc) is 3.48. The molecule has 2 aliphatic rings. The van der Waals surface area contributed by atoms with Gasteiger partial charge in [0.2, 0.25) is 11.8 Å². The molecule has 1 aromatic heterocycles. The minimum Gasteiger partial charge on any atom is -0.392 e. The lowest BCUT2D eigenvalue weighted by molar-refractivity contribution is -0.253. The number of anilines is 1. The number of rotatable bonds is 14. The first-order valence-electron chi connectivity index (χ1n) is 17.6. The van der Waals surface area contributed by atoms with Crippen LogP contribution in [0.5, 0.6) is 0 Å². The van der Waals surface area contributed by atoms with Gasteiger partial charge in [-0.05, 0) is 61.1 Å². The molecule has 3 aromatic carbocycles. The van der Waals surface area contributed by atoms with E-state index >= 15 is 0 Å². The Labute approximate surface area is 291 Å². The average molecular weight is 686 g/mol. The highest BCUT2D eigenvalue weighted by molar-refractivity contribution is 5.90. The van der Waals surface area contributed by atoms with Gasteiger partial charge in [-0.2, -0.15) is 0 Å². The van der Waals surface area contributed by atoms with E-state index in [1.807, 2.05) is 77.4 Å². The lowest BCUT2D eigenvalue weighted by atomic mass is 9.98. The third-order valence-electron chi connectivity index (χ3n) is 9.75. The Kier molecular flexibility index (Phi) is 12.1. The van der Waals surface area contributed by atoms with Gasteiger partial charge >= 0.3 is 5.69 Å². The van der Waals surface area contributed by atoms with Gasteiger partial charge in [0, 0.05) is 56.2 Å². The summed E-state index contributed by atoms with van der Waals surface area (Å²) in [7, 11) is 0. The highest BCUT2D eigenvalue weighted by atomic mass is 16.7. The molecule has 6 rings (SSSR count). The number of likely N-dealkylation sites (tertiary alicyclic amines) is 1. The summed E-state index contributed by atoms with van der Waals surface area (Å²) in [6.45, 7) is 2.39. The minimum absolute atomic E-state index is 0.0251. The Morgan fingerprint density at radius 2 is 1.60 bits per heavy atom. The number of aromatic nitrogens is 2. The van der Waals surface area contributed by atoms with E-state index in [2.05, 4.69) is 15.2 Å². The number of hydrogen-bond acceptors (Lipinski definition) is 8. The molecule has 0 aliphatic carbocycles. The molecule has 3 atom stereocenters. The Morgan fingerprint density at radius 3 is 2.34 bits per heavy atom. The van der Waals surface area contributed by atoms with E-state index in [0.717, 1.165) is 73.0 Å². The van der Waals surface area contributed by atoms with Crippen molar-refractivity contribution in [1.82, 2.24) is 19.9 Å². The first kappa shape index (κ1) is 35.5. The highest BCUT2D eigenvalue weighted by Crippen LogP contribution is 2.39. The second kappa shape index (κ2) is 17.1. The largest absolute Gasteiger partial charge is 0.392 e. The summed E-state index contributed by atoms with van der Waals surface area (Å²) in [5.41, 5.74) is 6.71. The zero-order valence-electron chi connectivity index (χ0n) is 28.3. The van der Waals surface area contributed by atoms with E-state index < -0.39 is 12.2 Å². The van der Waals surface area contributed by atoms with Crippen molar-refractivity contribution < 1.29 is 29.4 Å². The van der Waals surface area contributed by atoms with Crippen LogP contribution in [0.4, 0.5) is 5.69 Å². The molecule has 0 saturated carbocycles. The van der Waals surface area contributed by atoms with Crippen molar-refractivity contribution in [3.63, 3.8) is 0 Å². The van der Waals surface area contributed by atoms with Gasteiger partial charge in [0.25, 0.3) is 0 Å². The molecule has 2 fully saturated rings. The fourth-order valence-electron chi connectivity index (χ4n) is 7.08. The fraction of sp³-hybridized carbons (Fsp3) is 0.447.